The number of nitrogens with one attached hydrogen (secondary N) is 2. The number of benzene rings is 1. The van der Waals surface area contributed by atoms with Gasteiger partial charge < -0.3 is 15.2 Å². The lowest BCUT2D eigenvalue weighted by atomic mass is 9.96. The van der Waals surface area contributed by atoms with Gasteiger partial charge in [0.1, 0.15) is 22.7 Å². The van der Waals surface area contributed by atoms with Crippen molar-refractivity contribution in [3.8, 4) is 23.4 Å². The molecule has 0 bridgehead atoms. The van der Waals surface area contributed by atoms with Crippen LogP contribution in [-0.4, -0.2) is 35.2 Å². The number of rotatable bonds is 7. The Hall–Kier alpha value is -3.60. The molecule has 0 fully saturated rings. The van der Waals surface area contributed by atoms with Crippen molar-refractivity contribution in [1.29, 1.82) is 10.5 Å². The third kappa shape index (κ3) is 5.15. The van der Waals surface area contributed by atoms with Gasteiger partial charge in [-0.05, 0) is 49.8 Å². The topological polar surface area (TPSA) is 126 Å². The van der Waals surface area contributed by atoms with Gasteiger partial charge in [0.25, 0.3) is 5.56 Å². The zero-order valence-electron chi connectivity index (χ0n) is 20.3. The van der Waals surface area contributed by atoms with Crippen molar-refractivity contribution in [2.75, 3.05) is 24.3 Å². The lowest BCUT2D eigenvalue weighted by Crippen LogP contribution is -2.25. The first-order valence-electron chi connectivity index (χ1n) is 11.7. The van der Waals surface area contributed by atoms with Crippen molar-refractivity contribution >= 4 is 39.7 Å². The number of carbonyl (C=O) groups is 1. The maximum atomic E-state index is 13.2. The second-order valence-electron chi connectivity index (χ2n) is 8.68. The molecule has 0 unspecified atom stereocenters. The summed E-state index contributed by atoms with van der Waals surface area (Å²) in [7, 11) is 3.85. The molecule has 0 saturated carbocycles. The van der Waals surface area contributed by atoms with Crippen molar-refractivity contribution in [3.63, 3.8) is 0 Å². The molecule has 1 aliphatic rings. The van der Waals surface area contributed by atoms with Crippen LogP contribution in [0.2, 0.25) is 0 Å². The van der Waals surface area contributed by atoms with E-state index in [1.807, 2.05) is 56.3 Å². The number of nitriles is 2. The molecule has 3 aromatic rings. The molecule has 4 rings (SSSR count). The van der Waals surface area contributed by atoms with Crippen molar-refractivity contribution in [3.05, 3.63) is 56.2 Å². The van der Waals surface area contributed by atoms with Crippen LogP contribution in [0.4, 0.5) is 10.7 Å². The standard InChI is InChI=1S/C26H26N6O2S2/c1-4-20(24(34)30-25-18(13-27)17-7-5-6-8-21(17)35-25)36-26-29-22(19(14-28)23(33)31-26)15-9-11-16(12-10-15)32(2)3/h9-12,20H,4-8H2,1-3H3,(H,30,34)(H,29,31,33)/t20-/m1/s1. The number of anilines is 2. The van der Waals surface area contributed by atoms with Crippen LogP contribution in [0.3, 0.4) is 0 Å². The van der Waals surface area contributed by atoms with Gasteiger partial charge in [0.15, 0.2) is 5.16 Å². The second-order valence-corrected chi connectivity index (χ2v) is 11.0. The Morgan fingerprint density at radius 3 is 2.53 bits per heavy atom. The maximum Gasteiger partial charge on any atom is 0.270 e. The van der Waals surface area contributed by atoms with Gasteiger partial charge in [-0.15, -0.1) is 11.3 Å². The SMILES string of the molecule is CC[C@@H](Sc1nc(-c2ccc(N(C)C)cc2)c(C#N)c(=O)[nH]1)C(=O)Nc1sc2c(c1C#N)CCCC2. The first-order chi connectivity index (χ1) is 17.4. The molecule has 2 aromatic heterocycles. The first-order valence-corrected chi connectivity index (χ1v) is 13.4. The number of aryl methyl sites for hydroxylation is 1. The van der Waals surface area contributed by atoms with Crippen LogP contribution in [0.5, 0.6) is 0 Å². The Kier molecular flexibility index (Phi) is 7.78. The highest BCUT2D eigenvalue weighted by Crippen LogP contribution is 2.38. The molecule has 184 valence electrons. The third-order valence-electron chi connectivity index (χ3n) is 6.10. The summed E-state index contributed by atoms with van der Waals surface area (Å²) < 4.78 is 0. The number of nitrogens with zero attached hydrogens (tertiary/aromatic N) is 4. The summed E-state index contributed by atoms with van der Waals surface area (Å²) in [6.45, 7) is 1.88. The lowest BCUT2D eigenvalue weighted by molar-refractivity contribution is -0.115. The Balaban J connectivity index is 1.60. The molecule has 0 spiro atoms. The molecule has 2 heterocycles. The summed E-state index contributed by atoms with van der Waals surface area (Å²) in [6.07, 6.45) is 4.44. The van der Waals surface area contributed by atoms with Crippen molar-refractivity contribution in [2.24, 2.45) is 0 Å². The molecule has 0 radical (unpaired) electrons. The summed E-state index contributed by atoms with van der Waals surface area (Å²) in [5.74, 6) is -0.249. The molecule has 10 heteroatoms. The van der Waals surface area contributed by atoms with Crippen molar-refractivity contribution in [1.82, 2.24) is 9.97 Å². The molecular weight excluding hydrogens is 492 g/mol. The van der Waals surface area contributed by atoms with Gasteiger partial charge in [-0.25, -0.2) is 4.98 Å². The quantitative estimate of drug-likeness (QED) is 0.343. The number of H-pyrrole nitrogens is 1. The van der Waals surface area contributed by atoms with Crippen LogP contribution in [0.25, 0.3) is 11.3 Å². The van der Waals surface area contributed by atoms with E-state index in [2.05, 4.69) is 21.4 Å². The summed E-state index contributed by atoms with van der Waals surface area (Å²) in [4.78, 5) is 36.2. The van der Waals surface area contributed by atoms with Gasteiger partial charge in [-0.2, -0.15) is 10.5 Å². The highest BCUT2D eigenvalue weighted by Gasteiger charge is 2.26. The van der Waals surface area contributed by atoms with E-state index < -0.39 is 10.8 Å². The zero-order chi connectivity index (χ0) is 25.8. The van der Waals surface area contributed by atoms with Crippen LogP contribution in [-0.2, 0) is 17.6 Å². The minimum atomic E-state index is -0.547. The number of thiophene rings is 1. The minimum absolute atomic E-state index is 0.0720. The molecule has 0 saturated heterocycles. The first kappa shape index (κ1) is 25.5. The molecular formula is C26H26N6O2S2. The number of amides is 1. The molecule has 1 atom stereocenters. The molecule has 1 amide bonds. The van der Waals surface area contributed by atoms with Crippen LogP contribution in [0.15, 0.2) is 34.2 Å². The number of hydrogen-bond donors (Lipinski definition) is 2. The van der Waals surface area contributed by atoms with E-state index >= 15 is 0 Å². The molecule has 36 heavy (non-hydrogen) atoms. The van der Waals surface area contributed by atoms with Gasteiger partial charge in [0.2, 0.25) is 5.91 Å². The monoisotopic (exact) mass is 518 g/mol. The fourth-order valence-electron chi connectivity index (χ4n) is 4.16. The molecule has 1 aromatic carbocycles. The average molecular weight is 519 g/mol. The highest BCUT2D eigenvalue weighted by molar-refractivity contribution is 8.00. The Bertz CT molecular complexity index is 1430. The number of hydrogen-bond acceptors (Lipinski definition) is 8. The van der Waals surface area contributed by atoms with Crippen LogP contribution >= 0.6 is 23.1 Å². The van der Waals surface area contributed by atoms with Gasteiger partial charge >= 0.3 is 0 Å². The molecule has 1 aliphatic carbocycles. The van der Waals surface area contributed by atoms with Crippen molar-refractivity contribution < 1.29 is 4.79 Å². The largest absolute Gasteiger partial charge is 0.378 e. The second kappa shape index (κ2) is 11.0. The van der Waals surface area contributed by atoms with Crippen molar-refractivity contribution in [2.45, 2.75) is 49.4 Å². The van der Waals surface area contributed by atoms with Crippen LogP contribution < -0.4 is 15.8 Å². The van der Waals surface area contributed by atoms with Gasteiger partial charge in [-0.1, -0.05) is 30.8 Å². The predicted octanol–water partition coefficient (Wildman–Crippen LogP) is 4.70. The smallest absolute Gasteiger partial charge is 0.270 e. The van der Waals surface area contributed by atoms with Gasteiger partial charge in [-0.3, -0.25) is 9.59 Å². The Morgan fingerprint density at radius 2 is 1.89 bits per heavy atom. The fraction of sp³-hybridized carbons (Fsp3) is 0.346. The van der Waals surface area contributed by atoms with Crippen LogP contribution in [0, 0.1) is 22.7 Å². The lowest BCUT2D eigenvalue weighted by Gasteiger charge is -2.15. The van der Waals surface area contributed by atoms with E-state index in [-0.39, 0.29) is 22.3 Å². The number of fused-ring (bicyclic) bond motifs is 1. The van der Waals surface area contributed by atoms with E-state index in [1.165, 1.54) is 16.2 Å². The maximum absolute atomic E-state index is 13.2. The van der Waals surface area contributed by atoms with E-state index in [0.717, 1.165) is 48.7 Å². The summed E-state index contributed by atoms with van der Waals surface area (Å²) >= 11 is 2.62. The summed E-state index contributed by atoms with van der Waals surface area (Å²) in [5.41, 5.74) is 2.91. The normalized spacial score (nSPS) is 13.2. The van der Waals surface area contributed by atoms with E-state index in [1.54, 1.807) is 0 Å². The fourth-order valence-corrected chi connectivity index (χ4v) is 6.30. The zero-order valence-corrected chi connectivity index (χ0v) is 22.0. The number of aromatic amines is 1. The predicted molar refractivity (Wildman–Crippen MR) is 144 cm³/mol. The Labute approximate surface area is 218 Å². The Morgan fingerprint density at radius 1 is 1.19 bits per heavy atom. The van der Waals surface area contributed by atoms with E-state index in [9.17, 15) is 20.1 Å². The van der Waals surface area contributed by atoms with E-state index in [0.29, 0.717) is 22.5 Å². The minimum Gasteiger partial charge on any atom is -0.378 e. The van der Waals surface area contributed by atoms with Crippen LogP contribution in [0.1, 0.15) is 47.8 Å². The number of thioether (sulfide) groups is 1. The molecule has 0 aliphatic heterocycles. The number of carbonyl (C=O) groups excluding carboxylic acids is 1. The van der Waals surface area contributed by atoms with Gasteiger partial charge in [0, 0.05) is 30.2 Å². The number of aromatic nitrogens is 2. The highest BCUT2D eigenvalue weighted by atomic mass is 32.2. The third-order valence-corrected chi connectivity index (χ3v) is 8.56. The summed E-state index contributed by atoms with van der Waals surface area (Å²) in [5, 5.41) is 22.5. The van der Waals surface area contributed by atoms with Gasteiger partial charge in [0.05, 0.1) is 16.5 Å². The molecule has 2 N–H and O–H groups in total. The summed E-state index contributed by atoms with van der Waals surface area (Å²) in [6, 6.07) is 11.6. The average Bonchev–Trinajstić information content (AvgIpc) is 3.23. The van der Waals surface area contributed by atoms with E-state index in [4.69, 9.17) is 0 Å². The molecule has 8 nitrogen and oxygen atoms in total.